The number of hydrogen-bond acceptors (Lipinski definition) is 6. The molecule has 174 valence electrons. The van der Waals surface area contributed by atoms with Gasteiger partial charge in [-0.3, -0.25) is 4.79 Å². The minimum absolute atomic E-state index is 0.000852. The van der Waals surface area contributed by atoms with E-state index in [-0.39, 0.29) is 17.9 Å². The summed E-state index contributed by atoms with van der Waals surface area (Å²) in [5.74, 6) is 2.47. The summed E-state index contributed by atoms with van der Waals surface area (Å²) in [5, 5.41) is 16.6. The summed E-state index contributed by atoms with van der Waals surface area (Å²) in [6.45, 7) is 3.58. The number of benzene rings is 2. The fourth-order valence-electron chi connectivity index (χ4n) is 4.40. The molecule has 0 saturated carbocycles. The summed E-state index contributed by atoms with van der Waals surface area (Å²) >= 11 is 0. The number of carbonyl (C=O) groups excluding carboxylic acids is 1. The molecular formula is C26H28N6O2. The maximum atomic E-state index is 12.8. The quantitative estimate of drug-likeness (QED) is 0.474. The molecule has 8 nitrogen and oxygen atoms in total. The molecule has 0 aliphatic carbocycles. The number of ether oxygens (including phenoxy) is 1. The molecule has 1 N–H and O–H groups in total. The Hall–Kier alpha value is -3.94. The summed E-state index contributed by atoms with van der Waals surface area (Å²) in [6.07, 6.45) is 1.58. The Morgan fingerprint density at radius 1 is 1.00 bits per heavy atom. The molecule has 1 aliphatic heterocycles. The van der Waals surface area contributed by atoms with Gasteiger partial charge >= 0.3 is 0 Å². The lowest BCUT2D eigenvalue weighted by molar-refractivity contribution is -0.126. The number of methoxy groups -OCH3 is 1. The van der Waals surface area contributed by atoms with Crippen molar-refractivity contribution >= 4 is 17.4 Å². The van der Waals surface area contributed by atoms with Gasteiger partial charge in [0.15, 0.2) is 11.5 Å². The van der Waals surface area contributed by atoms with Crippen molar-refractivity contribution in [2.45, 2.75) is 25.8 Å². The van der Waals surface area contributed by atoms with Crippen LogP contribution in [0.25, 0.3) is 17.0 Å². The van der Waals surface area contributed by atoms with E-state index in [2.05, 4.69) is 20.4 Å². The first kappa shape index (κ1) is 21.9. The number of aromatic nitrogens is 4. The van der Waals surface area contributed by atoms with Crippen LogP contribution in [0.2, 0.25) is 0 Å². The SMILES string of the molecule is COc1ccc(-c2nnc3ccc(N4CCC(C(=O)N[C@@H](C)c5ccccc5)CC4)nn23)cc1. The van der Waals surface area contributed by atoms with Crippen LogP contribution < -0.4 is 15.0 Å². The summed E-state index contributed by atoms with van der Waals surface area (Å²) in [5.41, 5.74) is 2.73. The highest BCUT2D eigenvalue weighted by molar-refractivity contribution is 5.79. The molecule has 1 amide bonds. The Labute approximate surface area is 198 Å². The van der Waals surface area contributed by atoms with Crippen LogP contribution in [0.3, 0.4) is 0 Å². The van der Waals surface area contributed by atoms with Crippen molar-refractivity contribution in [3.8, 4) is 17.1 Å². The van der Waals surface area contributed by atoms with E-state index in [1.807, 2.05) is 73.7 Å². The normalized spacial score (nSPS) is 15.3. The van der Waals surface area contributed by atoms with E-state index in [1.54, 1.807) is 11.6 Å². The molecule has 1 atom stereocenters. The topological polar surface area (TPSA) is 84.7 Å². The van der Waals surface area contributed by atoms with Gasteiger partial charge in [0.05, 0.1) is 13.2 Å². The number of amides is 1. The Kier molecular flexibility index (Phi) is 6.12. The highest BCUT2D eigenvalue weighted by Gasteiger charge is 2.27. The molecular weight excluding hydrogens is 428 g/mol. The second-order valence-electron chi connectivity index (χ2n) is 8.62. The van der Waals surface area contributed by atoms with Gasteiger partial charge in [0, 0.05) is 24.6 Å². The van der Waals surface area contributed by atoms with E-state index in [0.717, 1.165) is 48.6 Å². The van der Waals surface area contributed by atoms with Gasteiger partial charge in [-0.05, 0) is 61.7 Å². The number of rotatable bonds is 6. The van der Waals surface area contributed by atoms with Crippen molar-refractivity contribution in [3.05, 3.63) is 72.3 Å². The van der Waals surface area contributed by atoms with Crippen LogP contribution in [0.1, 0.15) is 31.4 Å². The molecule has 2 aromatic heterocycles. The molecule has 0 spiro atoms. The molecule has 2 aromatic carbocycles. The monoisotopic (exact) mass is 456 g/mol. The van der Waals surface area contributed by atoms with E-state index >= 15 is 0 Å². The van der Waals surface area contributed by atoms with Gasteiger partial charge in [0.2, 0.25) is 5.91 Å². The van der Waals surface area contributed by atoms with Crippen LogP contribution in [-0.4, -0.2) is 45.9 Å². The maximum Gasteiger partial charge on any atom is 0.223 e. The first-order valence-electron chi connectivity index (χ1n) is 11.6. The fourth-order valence-corrected chi connectivity index (χ4v) is 4.40. The number of piperidine rings is 1. The molecule has 8 heteroatoms. The minimum Gasteiger partial charge on any atom is -0.497 e. The van der Waals surface area contributed by atoms with Gasteiger partial charge in [-0.15, -0.1) is 15.3 Å². The molecule has 34 heavy (non-hydrogen) atoms. The highest BCUT2D eigenvalue weighted by atomic mass is 16.5. The van der Waals surface area contributed by atoms with E-state index in [1.165, 1.54) is 0 Å². The minimum atomic E-state index is 0.000852. The number of nitrogens with one attached hydrogen (secondary N) is 1. The van der Waals surface area contributed by atoms with Crippen LogP contribution in [0.15, 0.2) is 66.7 Å². The van der Waals surface area contributed by atoms with Gasteiger partial charge in [0.1, 0.15) is 11.6 Å². The Morgan fingerprint density at radius 3 is 2.44 bits per heavy atom. The van der Waals surface area contributed by atoms with Crippen molar-refractivity contribution in [2.24, 2.45) is 5.92 Å². The van der Waals surface area contributed by atoms with Crippen molar-refractivity contribution in [2.75, 3.05) is 25.1 Å². The molecule has 1 aliphatic rings. The van der Waals surface area contributed by atoms with Crippen LogP contribution in [-0.2, 0) is 4.79 Å². The average Bonchev–Trinajstić information content (AvgIpc) is 3.32. The first-order valence-corrected chi connectivity index (χ1v) is 11.6. The number of carbonyl (C=O) groups is 1. The number of hydrogen-bond donors (Lipinski definition) is 1. The van der Waals surface area contributed by atoms with Crippen LogP contribution in [0.5, 0.6) is 5.75 Å². The molecule has 0 unspecified atom stereocenters. The fraction of sp³-hybridized carbons (Fsp3) is 0.308. The standard InChI is InChI=1S/C26H28N6O2/c1-18(19-6-4-3-5-7-19)27-26(33)21-14-16-31(17-15-21)24-13-12-23-28-29-25(32(23)30-24)20-8-10-22(34-2)11-9-20/h3-13,18,21H,14-17H2,1-2H3,(H,27,33)/t18-/m0/s1. The van der Waals surface area contributed by atoms with Crippen molar-refractivity contribution in [1.82, 2.24) is 25.1 Å². The second-order valence-corrected chi connectivity index (χ2v) is 8.62. The van der Waals surface area contributed by atoms with E-state index in [0.29, 0.717) is 11.5 Å². The van der Waals surface area contributed by atoms with Gasteiger partial charge in [-0.2, -0.15) is 4.52 Å². The average molecular weight is 457 g/mol. The van der Waals surface area contributed by atoms with E-state index < -0.39 is 0 Å². The lowest BCUT2D eigenvalue weighted by atomic mass is 9.95. The third-order valence-electron chi connectivity index (χ3n) is 6.45. The van der Waals surface area contributed by atoms with Gasteiger partial charge in [-0.1, -0.05) is 30.3 Å². The summed E-state index contributed by atoms with van der Waals surface area (Å²) < 4.78 is 7.02. The molecule has 5 rings (SSSR count). The highest BCUT2D eigenvalue weighted by Crippen LogP contribution is 2.25. The van der Waals surface area contributed by atoms with Crippen LogP contribution in [0.4, 0.5) is 5.82 Å². The number of anilines is 1. The molecule has 0 bridgehead atoms. The molecule has 3 heterocycles. The van der Waals surface area contributed by atoms with Gasteiger partial charge in [0.25, 0.3) is 0 Å². The number of fused-ring (bicyclic) bond motifs is 1. The van der Waals surface area contributed by atoms with Crippen molar-refractivity contribution in [3.63, 3.8) is 0 Å². The van der Waals surface area contributed by atoms with Crippen molar-refractivity contribution in [1.29, 1.82) is 0 Å². The third kappa shape index (κ3) is 4.44. The summed E-state index contributed by atoms with van der Waals surface area (Å²) in [4.78, 5) is 15.1. The summed E-state index contributed by atoms with van der Waals surface area (Å²) in [6, 6.07) is 21.7. The maximum absolute atomic E-state index is 12.8. The van der Waals surface area contributed by atoms with Crippen molar-refractivity contribution < 1.29 is 9.53 Å². The molecule has 1 saturated heterocycles. The number of nitrogens with zero attached hydrogens (tertiary/aromatic N) is 5. The Morgan fingerprint density at radius 2 is 1.74 bits per heavy atom. The predicted octanol–water partition coefficient (Wildman–Crippen LogP) is 3.89. The predicted molar refractivity (Wildman–Crippen MR) is 131 cm³/mol. The van der Waals surface area contributed by atoms with Crippen LogP contribution >= 0.6 is 0 Å². The van der Waals surface area contributed by atoms with Gasteiger partial charge in [-0.25, -0.2) is 0 Å². The molecule has 4 aromatic rings. The van der Waals surface area contributed by atoms with Crippen LogP contribution in [0, 0.1) is 5.92 Å². The van der Waals surface area contributed by atoms with Gasteiger partial charge < -0.3 is 15.0 Å². The lowest BCUT2D eigenvalue weighted by Crippen LogP contribution is -2.41. The molecule has 0 radical (unpaired) electrons. The molecule has 1 fully saturated rings. The lowest BCUT2D eigenvalue weighted by Gasteiger charge is -2.32. The Balaban J connectivity index is 1.26. The zero-order valence-electron chi connectivity index (χ0n) is 19.4. The van der Waals surface area contributed by atoms with E-state index in [4.69, 9.17) is 9.84 Å². The zero-order valence-corrected chi connectivity index (χ0v) is 19.4. The largest absolute Gasteiger partial charge is 0.497 e. The first-order chi connectivity index (χ1) is 16.6. The summed E-state index contributed by atoms with van der Waals surface area (Å²) in [7, 11) is 1.64. The zero-order chi connectivity index (χ0) is 23.5. The Bertz CT molecular complexity index is 1260. The second kappa shape index (κ2) is 9.51. The third-order valence-corrected chi connectivity index (χ3v) is 6.45. The van der Waals surface area contributed by atoms with E-state index in [9.17, 15) is 4.79 Å². The smallest absolute Gasteiger partial charge is 0.223 e.